The molecule has 0 N–H and O–H groups in total. The minimum Gasteiger partial charge on any atom is -0.466 e. The van der Waals surface area contributed by atoms with E-state index >= 15 is 0 Å². The molecule has 0 bridgehead atoms. The summed E-state index contributed by atoms with van der Waals surface area (Å²) in [6.07, 6.45) is 2.29. The first-order chi connectivity index (χ1) is 5.79. The van der Waals surface area contributed by atoms with E-state index in [0.717, 1.165) is 12.2 Å². The van der Waals surface area contributed by atoms with E-state index in [1.54, 1.807) is 0 Å². The van der Waals surface area contributed by atoms with E-state index in [2.05, 4.69) is 0 Å². The monoisotopic (exact) mass is 186 g/mol. The number of carbonyl (C=O) groups is 1. The minimum atomic E-state index is -0.0549. The first-order valence-corrected chi connectivity index (χ1v) is 5.70. The Kier molecular flexibility index (Phi) is 2.07. The highest BCUT2D eigenvalue weighted by molar-refractivity contribution is 7.99. The maximum absolute atomic E-state index is 11.6. The molecule has 2 unspecified atom stereocenters. The van der Waals surface area contributed by atoms with Gasteiger partial charge in [-0.2, -0.15) is 11.8 Å². The van der Waals surface area contributed by atoms with Gasteiger partial charge in [-0.1, -0.05) is 0 Å². The fraction of sp³-hybridized carbons (Fsp3) is 0.889. The Balaban J connectivity index is 2.05. The number of rotatable bonds is 2. The van der Waals surface area contributed by atoms with Crippen molar-refractivity contribution < 1.29 is 9.53 Å². The molecule has 0 radical (unpaired) electrons. The zero-order valence-corrected chi connectivity index (χ0v) is 8.15. The minimum absolute atomic E-state index is 0.0549. The van der Waals surface area contributed by atoms with Crippen molar-refractivity contribution in [2.45, 2.75) is 19.8 Å². The van der Waals surface area contributed by atoms with Crippen LogP contribution in [0.5, 0.6) is 0 Å². The summed E-state index contributed by atoms with van der Waals surface area (Å²) in [7, 11) is 0. The van der Waals surface area contributed by atoms with Crippen LogP contribution in [0.3, 0.4) is 0 Å². The quantitative estimate of drug-likeness (QED) is 0.614. The van der Waals surface area contributed by atoms with Crippen LogP contribution in [0.2, 0.25) is 0 Å². The highest BCUT2D eigenvalue weighted by atomic mass is 32.2. The van der Waals surface area contributed by atoms with E-state index in [1.807, 2.05) is 18.7 Å². The fourth-order valence-corrected chi connectivity index (χ4v) is 3.87. The predicted octanol–water partition coefficient (Wildman–Crippen LogP) is 1.69. The van der Waals surface area contributed by atoms with Crippen LogP contribution in [0.15, 0.2) is 0 Å². The second-order valence-corrected chi connectivity index (χ2v) is 4.66. The number of carbonyl (C=O) groups excluding carboxylic acids is 1. The SMILES string of the molecule is CCOC(=O)C12CCC1CSC2. The van der Waals surface area contributed by atoms with Crippen LogP contribution >= 0.6 is 11.8 Å². The average Bonchev–Trinajstić information content (AvgIpc) is 2.29. The van der Waals surface area contributed by atoms with Gasteiger partial charge in [-0.3, -0.25) is 4.79 Å². The summed E-state index contributed by atoms with van der Waals surface area (Å²) in [5, 5.41) is 0. The second kappa shape index (κ2) is 2.95. The molecule has 2 atom stereocenters. The van der Waals surface area contributed by atoms with Crippen molar-refractivity contribution in [3.8, 4) is 0 Å². The van der Waals surface area contributed by atoms with E-state index in [0.29, 0.717) is 12.5 Å². The van der Waals surface area contributed by atoms with Gasteiger partial charge in [0.05, 0.1) is 12.0 Å². The Hall–Kier alpha value is -0.180. The van der Waals surface area contributed by atoms with Gasteiger partial charge < -0.3 is 4.74 Å². The molecule has 2 fully saturated rings. The topological polar surface area (TPSA) is 26.3 Å². The van der Waals surface area contributed by atoms with Crippen LogP contribution in [0.1, 0.15) is 19.8 Å². The third-order valence-corrected chi connectivity index (χ3v) is 4.44. The molecular weight excluding hydrogens is 172 g/mol. The van der Waals surface area contributed by atoms with Crippen LogP contribution in [0.4, 0.5) is 0 Å². The van der Waals surface area contributed by atoms with Crippen molar-refractivity contribution in [1.82, 2.24) is 0 Å². The molecule has 2 nitrogen and oxygen atoms in total. The summed E-state index contributed by atoms with van der Waals surface area (Å²) in [4.78, 5) is 11.6. The van der Waals surface area contributed by atoms with Gasteiger partial charge in [0.25, 0.3) is 0 Å². The number of ether oxygens (including phenoxy) is 1. The van der Waals surface area contributed by atoms with Crippen LogP contribution < -0.4 is 0 Å². The van der Waals surface area contributed by atoms with Gasteiger partial charge in [-0.05, 0) is 31.4 Å². The molecule has 68 valence electrons. The first-order valence-electron chi connectivity index (χ1n) is 4.54. The van der Waals surface area contributed by atoms with Gasteiger partial charge in [0.15, 0.2) is 0 Å². The molecule has 1 aliphatic heterocycles. The fourth-order valence-electron chi connectivity index (χ4n) is 2.12. The van der Waals surface area contributed by atoms with Crippen molar-refractivity contribution in [2.24, 2.45) is 11.3 Å². The first kappa shape index (κ1) is 8.42. The highest BCUT2D eigenvalue weighted by Crippen LogP contribution is 2.55. The molecule has 2 aliphatic rings. The average molecular weight is 186 g/mol. The third-order valence-electron chi connectivity index (χ3n) is 3.08. The standard InChI is InChI=1S/C9H14O2S/c1-2-11-8(10)9-4-3-7(9)5-12-6-9/h7H,2-6H2,1H3. The predicted molar refractivity (Wildman–Crippen MR) is 49.1 cm³/mol. The van der Waals surface area contributed by atoms with Gasteiger partial charge in [-0.25, -0.2) is 0 Å². The van der Waals surface area contributed by atoms with Crippen LogP contribution in [-0.4, -0.2) is 24.1 Å². The maximum atomic E-state index is 11.6. The molecule has 1 aliphatic carbocycles. The summed E-state index contributed by atoms with van der Waals surface area (Å²) in [5.74, 6) is 2.85. The van der Waals surface area contributed by atoms with E-state index in [1.165, 1.54) is 12.2 Å². The van der Waals surface area contributed by atoms with Crippen molar-refractivity contribution in [3.05, 3.63) is 0 Å². The zero-order valence-electron chi connectivity index (χ0n) is 7.34. The molecule has 0 aromatic carbocycles. The molecule has 0 aromatic rings. The summed E-state index contributed by atoms with van der Waals surface area (Å²) in [6.45, 7) is 2.41. The Morgan fingerprint density at radius 1 is 1.75 bits per heavy atom. The van der Waals surface area contributed by atoms with Crippen LogP contribution in [0.25, 0.3) is 0 Å². The molecule has 1 heterocycles. The Labute approximate surface area is 77.0 Å². The van der Waals surface area contributed by atoms with E-state index in [-0.39, 0.29) is 11.4 Å². The lowest BCUT2D eigenvalue weighted by Gasteiger charge is -2.41. The molecule has 0 amide bonds. The molecule has 0 spiro atoms. The van der Waals surface area contributed by atoms with Crippen LogP contribution in [-0.2, 0) is 9.53 Å². The molecule has 1 saturated carbocycles. The van der Waals surface area contributed by atoms with E-state index in [9.17, 15) is 4.79 Å². The third kappa shape index (κ3) is 0.987. The molecular formula is C9H14O2S. The van der Waals surface area contributed by atoms with Crippen molar-refractivity contribution in [1.29, 1.82) is 0 Å². The van der Waals surface area contributed by atoms with Gasteiger partial charge >= 0.3 is 5.97 Å². The molecule has 2 rings (SSSR count). The number of fused-ring (bicyclic) bond motifs is 1. The largest absolute Gasteiger partial charge is 0.466 e. The summed E-state index contributed by atoms with van der Waals surface area (Å²) >= 11 is 1.90. The lowest BCUT2D eigenvalue weighted by Crippen LogP contribution is -2.46. The summed E-state index contributed by atoms with van der Waals surface area (Å²) in [5.41, 5.74) is -0.0549. The Morgan fingerprint density at radius 3 is 3.08 bits per heavy atom. The lowest BCUT2D eigenvalue weighted by atomic mass is 9.62. The number of hydrogen-bond donors (Lipinski definition) is 0. The van der Waals surface area contributed by atoms with Gasteiger partial charge in [0.2, 0.25) is 0 Å². The van der Waals surface area contributed by atoms with E-state index < -0.39 is 0 Å². The van der Waals surface area contributed by atoms with Crippen LogP contribution in [0, 0.1) is 11.3 Å². The second-order valence-electron chi connectivity index (χ2n) is 3.63. The summed E-state index contributed by atoms with van der Waals surface area (Å²) in [6, 6.07) is 0. The zero-order chi connectivity index (χ0) is 8.60. The molecule has 1 saturated heterocycles. The highest BCUT2D eigenvalue weighted by Gasteiger charge is 2.56. The van der Waals surface area contributed by atoms with Crippen molar-refractivity contribution in [2.75, 3.05) is 18.1 Å². The Morgan fingerprint density at radius 2 is 2.58 bits per heavy atom. The summed E-state index contributed by atoms with van der Waals surface area (Å²) < 4.78 is 5.10. The van der Waals surface area contributed by atoms with Crippen molar-refractivity contribution >= 4 is 17.7 Å². The number of thioether (sulfide) groups is 1. The number of hydrogen-bond acceptors (Lipinski definition) is 3. The normalized spacial score (nSPS) is 38.6. The smallest absolute Gasteiger partial charge is 0.313 e. The van der Waals surface area contributed by atoms with Crippen molar-refractivity contribution in [3.63, 3.8) is 0 Å². The van der Waals surface area contributed by atoms with Gasteiger partial charge in [0.1, 0.15) is 0 Å². The lowest BCUT2D eigenvalue weighted by molar-refractivity contribution is -0.163. The molecule has 3 heteroatoms. The van der Waals surface area contributed by atoms with E-state index in [4.69, 9.17) is 4.74 Å². The Bertz CT molecular complexity index is 205. The molecule has 12 heavy (non-hydrogen) atoms. The van der Waals surface area contributed by atoms with Gasteiger partial charge in [0, 0.05) is 5.75 Å². The maximum Gasteiger partial charge on any atom is 0.313 e. The molecule has 0 aromatic heterocycles. The van der Waals surface area contributed by atoms with Gasteiger partial charge in [-0.15, -0.1) is 0 Å². The number of esters is 1.